The van der Waals surface area contributed by atoms with Gasteiger partial charge in [-0.25, -0.2) is 4.39 Å². The zero-order valence-electron chi connectivity index (χ0n) is 10.8. The Morgan fingerprint density at radius 2 is 2.16 bits per heavy atom. The molecule has 2 rings (SSSR count). The van der Waals surface area contributed by atoms with Crippen LogP contribution in [0.4, 0.5) is 4.39 Å². The third-order valence-electron chi connectivity index (χ3n) is 2.67. The Hall–Kier alpha value is -1.33. The van der Waals surface area contributed by atoms with Gasteiger partial charge >= 0.3 is 0 Å². The second kappa shape index (κ2) is 6.21. The van der Waals surface area contributed by atoms with Crippen LogP contribution in [0.5, 0.6) is 5.75 Å². The maximum absolute atomic E-state index is 12.9. The van der Waals surface area contributed by atoms with Crippen LogP contribution < -0.4 is 10.1 Å². The van der Waals surface area contributed by atoms with Crippen molar-refractivity contribution in [1.82, 2.24) is 5.32 Å². The Kier molecular flexibility index (Phi) is 4.61. The number of benzene rings is 1. The SMILES string of the molecule is CNCc1oc(COc2ccc(F)cc2Br)cc1C. The van der Waals surface area contributed by atoms with Crippen LogP contribution in [0.3, 0.4) is 0 Å². The van der Waals surface area contributed by atoms with Crippen molar-refractivity contribution < 1.29 is 13.5 Å². The average Bonchev–Trinajstić information content (AvgIpc) is 2.70. The molecule has 1 heterocycles. The fourth-order valence-corrected chi connectivity index (χ4v) is 2.20. The lowest BCUT2D eigenvalue weighted by atomic mass is 10.2. The van der Waals surface area contributed by atoms with Crippen LogP contribution in [0.25, 0.3) is 0 Å². The summed E-state index contributed by atoms with van der Waals surface area (Å²) in [6.07, 6.45) is 0. The molecular formula is C14H15BrFNO2. The third-order valence-corrected chi connectivity index (χ3v) is 3.29. The van der Waals surface area contributed by atoms with Crippen molar-refractivity contribution >= 4 is 15.9 Å². The molecule has 0 aliphatic heterocycles. The number of furan rings is 1. The zero-order valence-corrected chi connectivity index (χ0v) is 12.4. The normalized spacial score (nSPS) is 10.7. The summed E-state index contributed by atoms with van der Waals surface area (Å²) < 4.78 is 24.8. The van der Waals surface area contributed by atoms with Gasteiger partial charge in [0.25, 0.3) is 0 Å². The molecule has 19 heavy (non-hydrogen) atoms. The minimum absolute atomic E-state index is 0.302. The number of nitrogens with one attached hydrogen (secondary N) is 1. The van der Waals surface area contributed by atoms with Gasteiger partial charge in [0.05, 0.1) is 11.0 Å². The highest BCUT2D eigenvalue weighted by Gasteiger charge is 2.09. The van der Waals surface area contributed by atoms with Crippen molar-refractivity contribution in [3.8, 4) is 5.75 Å². The Morgan fingerprint density at radius 1 is 1.37 bits per heavy atom. The van der Waals surface area contributed by atoms with E-state index < -0.39 is 0 Å². The first-order valence-corrected chi connectivity index (χ1v) is 6.70. The van der Waals surface area contributed by atoms with Gasteiger partial charge in [-0.2, -0.15) is 0 Å². The molecule has 0 bridgehead atoms. The van der Waals surface area contributed by atoms with Crippen molar-refractivity contribution in [2.45, 2.75) is 20.1 Å². The van der Waals surface area contributed by atoms with Gasteiger partial charge in [-0.15, -0.1) is 0 Å². The fourth-order valence-electron chi connectivity index (χ4n) is 1.74. The third kappa shape index (κ3) is 3.58. The van der Waals surface area contributed by atoms with E-state index in [-0.39, 0.29) is 5.82 Å². The molecule has 0 fully saturated rings. The Bertz CT molecular complexity index is 569. The van der Waals surface area contributed by atoms with E-state index in [1.807, 2.05) is 20.0 Å². The largest absolute Gasteiger partial charge is 0.484 e. The topological polar surface area (TPSA) is 34.4 Å². The van der Waals surface area contributed by atoms with E-state index in [9.17, 15) is 4.39 Å². The predicted octanol–water partition coefficient (Wildman–Crippen LogP) is 3.79. The summed E-state index contributed by atoms with van der Waals surface area (Å²) in [6.45, 7) is 2.99. The summed E-state index contributed by atoms with van der Waals surface area (Å²) in [7, 11) is 1.87. The molecule has 0 amide bonds. The molecule has 0 atom stereocenters. The summed E-state index contributed by atoms with van der Waals surface area (Å²) in [5, 5.41) is 3.04. The van der Waals surface area contributed by atoms with E-state index >= 15 is 0 Å². The van der Waals surface area contributed by atoms with E-state index in [4.69, 9.17) is 9.15 Å². The monoisotopic (exact) mass is 327 g/mol. The Labute approximate surface area is 119 Å². The van der Waals surface area contributed by atoms with Crippen LogP contribution in [0.15, 0.2) is 33.2 Å². The van der Waals surface area contributed by atoms with Crippen LogP contribution >= 0.6 is 15.9 Å². The van der Waals surface area contributed by atoms with Crippen molar-refractivity contribution in [1.29, 1.82) is 0 Å². The summed E-state index contributed by atoms with van der Waals surface area (Å²) in [6, 6.07) is 6.27. The molecule has 0 aliphatic carbocycles. The molecular weight excluding hydrogens is 313 g/mol. The van der Waals surface area contributed by atoms with Gasteiger partial charge in [-0.3, -0.25) is 0 Å². The van der Waals surface area contributed by atoms with Gasteiger partial charge in [-0.1, -0.05) is 0 Å². The highest BCUT2D eigenvalue weighted by molar-refractivity contribution is 9.10. The quantitative estimate of drug-likeness (QED) is 0.907. The zero-order chi connectivity index (χ0) is 13.8. The summed E-state index contributed by atoms with van der Waals surface area (Å²) >= 11 is 3.26. The van der Waals surface area contributed by atoms with Crippen LogP contribution in [0.2, 0.25) is 0 Å². The molecule has 0 aliphatic rings. The van der Waals surface area contributed by atoms with E-state index in [0.717, 1.165) is 17.1 Å². The maximum atomic E-state index is 12.9. The van der Waals surface area contributed by atoms with E-state index in [1.54, 1.807) is 6.07 Å². The van der Waals surface area contributed by atoms with Gasteiger partial charge in [0.1, 0.15) is 29.7 Å². The molecule has 0 saturated heterocycles. The van der Waals surface area contributed by atoms with Gasteiger partial charge in [0.2, 0.25) is 0 Å². The molecule has 5 heteroatoms. The standard InChI is InChI=1S/C14H15BrFNO2/c1-9-5-11(19-14(9)7-17-2)8-18-13-4-3-10(16)6-12(13)15/h3-6,17H,7-8H2,1-2H3. The van der Waals surface area contributed by atoms with Crippen molar-refractivity contribution in [2.24, 2.45) is 0 Å². The molecule has 0 spiro atoms. The molecule has 1 aromatic heterocycles. The Morgan fingerprint density at radius 3 is 2.84 bits per heavy atom. The number of rotatable bonds is 5. The molecule has 0 radical (unpaired) electrons. The smallest absolute Gasteiger partial charge is 0.146 e. The van der Waals surface area contributed by atoms with Gasteiger partial charge in [-0.05, 0) is 59.7 Å². The van der Waals surface area contributed by atoms with Gasteiger partial charge in [0, 0.05) is 0 Å². The van der Waals surface area contributed by atoms with Crippen LogP contribution in [0, 0.1) is 12.7 Å². The second-order valence-corrected chi connectivity index (χ2v) is 5.07. The van der Waals surface area contributed by atoms with E-state index in [1.165, 1.54) is 12.1 Å². The van der Waals surface area contributed by atoms with Crippen LogP contribution in [-0.4, -0.2) is 7.05 Å². The van der Waals surface area contributed by atoms with E-state index in [2.05, 4.69) is 21.2 Å². The first-order chi connectivity index (χ1) is 9.10. The number of aryl methyl sites for hydroxylation is 1. The molecule has 1 N–H and O–H groups in total. The van der Waals surface area contributed by atoms with E-state index in [0.29, 0.717) is 23.4 Å². The fraction of sp³-hybridized carbons (Fsp3) is 0.286. The maximum Gasteiger partial charge on any atom is 0.146 e. The van der Waals surface area contributed by atoms with Crippen LogP contribution in [-0.2, 0) is 13.2 Å². The molecule has 2 aromatic rings. The summed E-state index contributed by atoms with van der Waals surface area (Å²) in [5.41, 5.74) is 1.09. The van der Waals surface area contributed by atoms with Crippen LogP contribution in [0.1, 0.15) is 17.1 Å². The average molecular weight is 328 g/mol. The summed E-state index contributed by atoms with van der Waals surface area (Å²) in [5.74, 6) is 1.94. The Balaban J connectivity index is 2.04. The minimum atomic E-state index is -0.302. The minimum Gasteiger partial charge on any atom is -0.484 e. The first-order valence-electron chi connectivity index (χ1n) is 5.91. The van der Waals surface area contributed by atoms with Gasteiger partial charge < -0.3 is 14.5 Å². The predicted molar refractivity (Wildman–Crippen MR) is 74.6 cm³/mol. The lowest BCUT2D eigenvalue weighted by molar-refractivity contribution is 0.263. The molecule has 1 aromatic carbocycles. The first kappa shape index (κ1) is 14.1. The second-order valence-electron chi connectivity index (χ2n) is 4.21. The molecule has 3 nitrogen and oxygen atoms in total. The number of halogens is 2. The highest BCUT2D eigenvalue weighted by Crippen LogP contribution is 2.26. The number of hydrogen-bond acceptors (Lipinski definition) is 3. The molecule has 0 unspecified atom stereocenters. The summed E-state index contributed by atoms with van der Waals surface area (Å²) in [4.78, 5) is 0. The van der Waals surface area contributed by atoms with Crippen molar-refractivity contribution in [2.75, 3.05) is 7.05 Å². The lowest BCUT2D eigenvalue weighted by Gasteiger charge is -2.06. The lowest BCUT2D eigenvalue weighted by Crippen LogP contribution is -2.04. The highest BCUT2D eigenvalue weighted by atomic mass is 79.9. The van der Waals surface area contributed by atoms with Crippen molar-refractivity contribution in [3.05, 3.63) is 51.6 Å². The van der Waals surface area contributed by atoms with Gasteiger partial charge in [0.15, 0.2) is 0 Å². The van der Waals surface area contributed by atoms with Crippen molar-refractivity contribution in [3.63, 3.8) is 0 Å². The molecule has 102 valence electrons. The molecule has 0 saturated carbocycles. The number of ether oxygens (including phenoxy) is 1. The number of hydrogen-bond donors (Lipinski definition) is 1.